The summed E-state index contributed by atoms with van der Waals surface area (Å²) < 4.78 is 0. The number of carbonyl (C=O) groups is 1. The first-order valence-corrected chi connectivity index (χ1v) is 9.34. The largest absolute Gasteiger partial charge is 0.478 e. The van der Waals surface area contributed by atoms with Gasteiger partial charge in [-0.3, -0.25) is 0 Å². The van der Waals surface area contributed by atoms with Gasteiger partial charge in [-0.15, -0.1) is 0 Å². The van der Waals surface area contributed by atoms with Crippen molar-refractivity contribution in [1.82, 2.24) is 0 Å². The van der Waals surface area contributed by atoms with Gasteiger partial charge in [0.25, 0.3) is 0 Å². The monoisotopic (exact) mass is 375 g/mol. The fraction of sp³-hybridized carbons (Fsp3) is 0.409. The molecule has 0 atom stereocenters. The number of halogens is 1. The maximum absolute atomic E-state index is 11.2. The standard InChI is InChI=1S/C22H30ClNO2/c1-15(2)7-5-8-16(3)9-6-10-17(4)11-12-18-13-19(22(25)26)21(23)20(24)14-18/h7,9,11,13-14H,5-6,8,10,12,24H2,1-4H3,(H,25,26). The maximum Gasteiger partial charge on any atom is 0.337 e. The van der Waals surface area contributed by atoms with E-state index in [0.29, 0.717) is 12.1 Å². The Hall–Kier alpha value is -2.00. The number of rotatable bonds is 9. The lowest BCUT2D eigenvalue weighted by molar-refractivity contribution is 0.0697. The van der Waals surface area contributed by atoms with Gasteiger partial charge in [-0.2, -0.15) is 0 Å². The van der Waals surface area contributed by atoms with E-state index >= 15 is 0 Å². The zero-order valence-corrected chi connectivity index (χ0v) is 17.0. The molecule has 0 spiro atoms. The van der Waals surface area contributed by atoms with Gasteiger partial charge in [-0.1, -0.05) is 46.5 Å². The van der Waals surface area contributed by atoms with Crippen molar-refractivity contribution in [3.8, 4) is 0 Å². The van der Waals surface area contributed by atoms with E-state index < -0.39 is 5.97 Å². The molecule has 0 radical (unpaired) electrons. The third-order valence-electron chi connectivity index (χ3n) is 4.20. The smallest absolute Gasteiger partial charge is 0.337 e. The summed E-state index contributed by atoms with van der Waals surface area (Å²) in [6.45, 7) is 8.54. The van der Waals surface area contributed by atoms with E-state index in [9.17, 15) is 9.90 Å². The lowest BCUT2D eigenvalue weighted by Gasteiger charge is -2.07. The van der Waals surface area contributed by atoms with Crippen molar-refractivity contribution in [2.24, 2.45) is 0 Å². The number of anilines is 1. The van der Waals surface area contributed by atoms with Crippen LogP contribution in [0.2, 0.25) is 5.02 Å². The van der Waals surface area contributed by atoms with E-state index in [0.717, 1.165) is 31.2 Å². The number of hydrogen-bond acceptors (Lipinski definition) is 2. The number of carboxylic acids is 1. The van der Waals surface area contributed by atoms with Crippen LogP contribution in [0.15, 0.2) is 47.1 Å². The van der Waals surface area contributed by atoms with Crippen LogP contribution in [0.1, 0.15) is 69.3 Å². The van der Waals surface area contributed by atoms with Crippen LogP contribution in [0.25, 0.3) is 0 Å². The molecule has 1 rings (SSSR count). The number of aromatic carboxylic acids is 1. The Morgan fingerprint density at radius 3 is 2.19 bits per heavy atom. The zero-order chi connectivity index (χ0) is 19.7. The number of nitrogens with two attached hydrogens (primary N) is 1. The van der Waals surface area contributed by atoms with Crippen LogP contribution in [-0.2, 0) is 6.42 Å². The summed E-state index contributed by atoms with van der Waals surface area (Å²) in [7, 11) is 0. The lowest BCUT2D eigenvalue weighted by Crippen LogP contribution is -2.02. The minimum atomic E-state index is -1.06. The Kier molecular flexibility index (Phi) is 9.22. The Balaban J connectivity index is 2.59. The summed E-state index contributed by atoms with van der Waals surface area (Å²) in [6.07, 6.45) is 11.6. The molecule has 26 heavy (non-hydrogen) atoms. The predicted octanol–water partition coefficient (Wildman–Crippen LogP) is 6.58. The van der Waals surface area contributed by atoms with Gasteiger partial charge in [0.05, 0.1) is 16.3 Å². The summed E-state index contributed by atoms with van der Waals surface area (Å²) in [5.74, 6) is -1.06. The summed E-state index contributed by atoms with van der Waals surface area (Å²) in [4.78, 5) is 11.2. The van der Waals surface area contributed by atoms with Gasteiger partial charge in [0.15, 0.2) is 0 Å². The van der Waals surface area contributed by atoms with Crippen molar-refractivity contribution >= 4 is 23.3 Å². The average molecular weight is 376 g/mol. The first-order chi connectivity index (χ1) is 12.2. The fourth-order valence-corrected chi connectivity index (χ4v) is 2.80. The van der Waals surface area contributed by atoms with Crippen LogP contribution in [0.4, 0.5) is 5.69 Å². The first kappa shape index (κ1) is 22.0. The summed E-state index contributed by atoms with van der Waals surface area (Å²) in [6, 6.07) is 3.34. The predicted molar refractivity (Wildman–Crippen MR) is 112 cm³/mol. The van der Waals surface area contributed by atoms with Crippen molar-refractivity contribution < 1.29 is 9.90 Å². The van der Waals surface area contributed by atoms with Gasteiger partial charge < -0.3 is 10.8 Å². The van der Waals surface area contributed by atoms with E-state index in [-0.39, 0.29) is 10.6 Å². The normalized spacial score (nSPS) is 12.2. The third kappa shape index (κ3) is 7.92. The molecule has 0 saturated carbocycles. The molecule has 0 saturated heterocycles. The van der Waals surface area contributed by atoms with Gasteiger partial charge in [0.2, 0.25) is 0 Å². The molecule has 0 bridgehead atoms. The van der Waals surface area contributed by atoms with Crippen molar-refractivity contribution in [3.63, 3.8) is 0 Å². The number of allylic oxidation sites excluding steroid dienone is 6. The summed E-state index contributed by atoms with van der Waals surface area (Å²) >= 11 is 5.94. The van der Waals surface area contributed by atoms with Crippen LogP contribution in [-0.4, -0.2) is 11.1 Å². The second-order valence-electron chi connectivity index (χ2n) is 7.02. The molecule has 1 aromatic rings. The Labute approximate surface area is 162 Å². The highest BCUT2D eigenvalue weighted by Crippen LogP contribution is 2.26. The summed E-state index contributed by atoms with van der Waals surface area (Å²) in [5, 5.41) is 9.29. The van der Waals surface area contributed by atoms with Crippen LogP contribution in [0.5, 0.6) is 0 Å². The number of hydrogen-bond donors (Lipinski definition) is 2. The first-order valence-electron chi connectivity index (χ1n) is 8.96. The molecule has 0 fully saturated rings. The van der Waals surface area contributed by atoms with Crippen molar-refractivity contribution in [1.29, 1.82) is 0 Å². The van der Waals surface area contributed by atoms with Gasteiger partial charge >= 0.3 is 5.97 Å². The highest BCUT2D eigenvalue weighted by atomic mass is 35.5. The molecular weight excluding hydrogens is 346 g/mol. The molecule has 0 aliphatic rings. The van der Waals surface area contributed by atoms with Crippen LogP contribution >= 0.6 is 11.6 Å². The molecule has 3 N–H and O–H groups in total. The van der Waals surface area contributed by atoms with Crippen molar-refractivity contribution in [3.05, 3.63) is 63.2 Å². The average Bonchev–Trinajstić information content (AvgIpc) is 2.55. The molecule has 0 unspecified atom stereocenters. The minimum absolute atomic E-state index is 0.0580. The second-order valence-corrected chi connectivity index (χ2v) is 7.39. The van der Waals surface area contributed by atoms with E-state index in [1.165, 1.54) is 16.7 Å². The number of nitrogen functional groups attached to an aromatic ring is 1. The topological polar surface area (TPSA) is 63.3 Å². The molecule has 1 aromatic carbocycles. The van der Waals surface area contributed by atoms with E-state index in [1.807, 2.05) is 0 Å². The third-order valence-corrected chi connectivity index (χ3v) is 4.62. The quantitative estimate of drug-likeness (QED) is 0.378. The van der Waals surface area contributed by atoms with Crippen molar-refractivity contribution in [2.45, 2.75) is 59.8 Å². The fourth-order valence-electron chi connectivity index (χ4n) is 2.61. The Bertz CT molecular complexity index is 726. The van der Waals surface area contributed by atoms with Gasteiger partial charge in [0.1, 0.15) is 0 Å². The van der Waals surface area contributed by atoms with Crippen LogP contribution in [0.3, 0.4) is 0 Å². The minimum Gasteiger partial charge on any atom is -0.478 e. The molecule has 4 heteroatoms. The molecule has 3 nitrogen and oxygen atoms in total. The van der Waals surface area contributed by atoms with Gasteiger partial charge in [-0.25, -0.2) is 4.79 Å². The summed E-state index contributed by atoms with van der Waals surface area (Å²) in [5.41, 5.74) is 11.1. The molecule has 0 aliphatic heterocycles. The lowest BCUT2D eigenvalue weighted by atomic mass is 10.0. The van der Waals surface area contributed by atoms with Crippen LogP contribution in [0, 0.1) is 0 Å². The number of benzene rings is 1. The van der Waals surface area contributed by atoms with E-state index in [1.54, 1.807) is 12.1 Å². The molecule has 142 valence electrons. The Morgan fingerprint density at radius 2 is 1.62 bits per heavy atom. The zero-order valence-electron chi connectivity index (χ0n) is 16.2. The maximum atomic E-state index is 11.2. The highest BCUT2D eigenvalue weighted by molar-refractivity contribution is 6.36. The molecule has 0 amide bonds. The second kappa shape index (κ2) is 10.9. The van der Waals surface area contributed by atoms with Gasteiger partial charge in [0, 0.05) is 0 Å². The molecular formula is C22H30ClNO2. The number of carboxylic acid groups (broad SMARTS) is 1. The van der Waals surface area contributed by atoms with Gasteiger partial charge in [-0.05, 0) is 77.5 Å². The molecule has 0 heterocycles. The Morgan fingerprint density at radius 1 is 1.04 bits per heavy atom. The highest BCUT2D eigenvalue weighted by Gasteiger charge is 2.12. The molecule has 0 aromatic heterocycles. The SMILES string of the molecule is CC(C)=CCCC(C)=CCCC(C)=CCc1cc(N)c(Cl)c(C(=O)O)c1. The van der Waals surface area contributed by atoms with E-state index in [4.69, 9.17) is 17.3 Å². The van der Waals surface area contributed by atoms with Crippen LogP contribution < -0.4 is 5.73 Å². The molecule has 0 aliphatic carbocycles. The van der Waals surface area contributed by atoms with Crippen molar-refractivity contribution in [2.75, 3.05) is 5.73 Å². The van der Waals surface area contributed by atoms with E-state index in [2.05, 4.69) is 45.9 Å².